The van der Waals surface area contributed by atoms with E-state index in [0.29, 0.717) is 0 Å². The lowest BCUT2D eigenvalue weighted by molar-refractivity contribution is -0.302. The first-order valence-corrected chi connectivity index (χ1v) is 4.04. The van der Waals surface area contributed by atoms with Crippen molar-refractivity contribution in [2.75, 3.05) is 0 Å². The van der Waals surface area contributed by atoms with Gasteiger partial charge in [0.05, 0.1) is 0 Å². The van der Waals surface area contributed by atoms with Crippen LogP contribution in [0.3, 0.4) is 0 Å². The third kappa shape index (κ3) is 7.06. The maximum absolute atomic E-state index is 8.89. The number of rotatable bonds is 0. The van der Waals surface area contributed by atoms with Gasteiger partial charge in [-0.3, -0.25) is 0 Å². The molecule has 0 amide bonds. The van der Waals surface area contributed by atoms with E-state index < -0.39 is 5.97 Å². The van der Waals surface area contributed by atoms with Crippen LogP contribution in [0, 0.1) is 13.8 Å². The molecule has 1 aromatic rings. The Bertz CT molecular complexity index is 207. The third-order valence-electron chi connectivity index (χ3n) is 0.875. The van der Waals surface area contributed by atoms with Gasteiger partial charge in [-0.15, -0.1) is 11.3 Å². The summed E-state index contributed by atoms with van der Waals surface area (Å²) in [6.45, 7) is 5.22. The van der Waals surface area contributed by atoms with Gasteiger partial charge in [-0.25, -0.2) is 0 Å². The van der Waals surface area contributed by atoms with Crippen molar-refractivity contribution in [1.29, 1.82) is 0 Å². The summed E-state index contributed by atoms with van der Waals surface area (Å²) in [5.74, 6) is -1.08. The van der Waals surface area contributed by atoms with E-state index in [4.69, 9.17) is 9.90 Å². The Morgan fingerprint density at radius 1 is 1.36 bits per heavy atom. The van der Waals surface area contributed by atoms with E-state index in [1.165, 1.54) is 9.75 Å². The van der Waals surface area contributed by atoms with E-state index in [2.05, 4.69) is 26.0 Å². The number of aliphatic carboxylic acids is 1. The second-order valence-corrected chi connectivity index (χ2v) is 3.64. The molecule has 0 radical (unpaired) electrons. The first kappa shape index (κ1) is 10.2. The van der Waals surface area contributed by atoms with Gasteiger partial charge in [-0.2, -0.15) is 0 Å². The van der Waals surface area contributed by atoms with Crippen molar-refractivity contribution in [3.63, 3.8) is 0 Å². The zero-order chi connectivity index (χ0) is 8.85. The number of thiophene rings is 1. The molecule has 0 aliphatic rings. The summed E-state index contributed by atoms with van der Waals surface area (Å²) >= 11 is 1.84. The summed E-state index contributed by atoms with van der Waals surface area (Å²) in [7, 11) is 0. The zero-order valence-corrected chi connectivity index (χ0v) is 7.70. The van der Waals surface area contributed by atoms with Gasteiger partial charge in [0.2, 0.25) is 0 Å². The fourth-order valence-corrected chi connectivity index (χ4v) is 1.34. The highest BCUT2D eigenvalue weighted by atomic mass is 32.1. The molecule has 2 nitrogen and oxygen atoms in total. The smallest absolute Gasteiger partial charge is 0.0383 e. The number of hydrogen-bond acceptors (Lipinski definition) is 3. The molecule has 0 fully saturated rings. The van der Waals surface area contributed by atoms with Gasteiger partial charge in [0.15, 0.2) is 0 Å². The average molecular weight is 171 g/mol. The van der Waals surface area contributed by atoms with Gasteiger partial charge in [0.25, 0.3) is 0 Å². The first-order valence-electron chi connectivity index (χ1n) is 3.23. The Morgan fingerprint density at radius 3 is 1.73 bits per heavy atom. The van der Waals surface area contributed by atoms with Crippen LogP contribution in [0.4, 0.5) is 0 Å². The Kier molecular flexibility index (Phi) is 4.54. The molecule has 0 aromatic carbocycles. The largest absolute Gasteiger partial charge is 0.550 e. The fourth-order valence-electron chi connectivity index (χ4n) is 0.557. The van der Waals surface area contributed by atoms with Gasteiger partial charge < -0.3 is 9.90 Å². The molecular weight excluding hydrogens is 160 g/mol. The molecule has 0 spiro atoms. The lowest BCUT2D eigenvalue weighted by atomic mass is 10.5. The Balaban J connectivity index is 0.000000218. The number of carbonyl (C=O) groups excluding carboxylic acids is 1. The number of carboxylic acids is 1. The number of aryl methyl sites for hydroxylation is 2. The molecule has 0 unspecified atom stereocenters. The van der Waals surface area contributed by atoms with Gasteiger partial charge >= 0.3 is 0 Å². The van der Waals surface area contributed by atoms with Gasteiger partial charge in [-0.1, -0.05) is 0 Å². The van der Waals surface area contributed by atoms with Crippen molar-refractivity contribution < 1.29 is 9.90 Å². The van der Waals surface area contributed by atoms with Crippen LogP contribution in [-0.4, -0.2) is 5.97 Å². The molecular formula is C8H11O2S-. The predicted molar refractivity (Wildman–Crippen MR) is 44.5 cm³/mol. The monoisotopic (exact) mass is 171 g/mol. The van der Waals surface area contributed by atoms with E-state index in [-0.39, 0.29) is 0 Å². The summed E-state index contributed by atoms with van der Waals surface area (Å²) in [6.07, 6.45) is 0. The fraction of sp³-hybridized carbons (Fsp3) is 0.375. The summed E-state index contributed by atoms with van der Waals surface area (Å²) in [5, 5.41) is 8.89. The molecule has 0 saturated heterocycles. The molecule has 0 aliphatic carbocycles. The van der Waals surface area contributed by atoms with Crippen molar-refractivity contribution >= 4 is 17.3 Å². The second kappa shape index (κ2) is 4.91. The molecule has 1 aromatic heterocycles. The summed E-state index contributed by atoms with van der Waals surface area (Å²) in [6, 6.07) is 4.28. The van der Waals surface area contributed by atoms with E-state index in [1.807, 2.05) is 11.3 Å². The van der Waals surface area contributed by atoms with Crippen LogP contribution in [0.15, 0.2) is 12.1 Å². The molecule has 1 rings (SSSR count). The van der Waals surface area contributed by atoms with Crippen LogP contribution in [0.1, 0.15) is 16.7 Å². The van der Waals surface area contributed by atoms with Crippen molar-refractivity contribution in [1.82, 2.24) is 0 Å². The highest BCUT2D eigenvalue weighted by Crippen LogP contribution is 2.11. The molecule has 0 saturated carbocycles. The lowest BCUT2D eigenvalue weighted by Gasteiger charge is -1.77. The Hall–Kier alpha value is -0.830. The minimum absolute atomic E-state index is 0.972. The minimum Gasteiger partial charge on any atom is -0.550 e. The minimum atomic E-state index is -1.08. The van der Waals surface area contributed by atoms with Gasteiger partial charge in [0, 0.05) is 15.7 Å². The van der Waals surface area contributed by atoms with Crippen LogP contribution >= 0.6 is 11.3 Å². The van der Waals surface area contributed by atoms with E-state index >= 15 is 0 Å². The zero-order valence-electron chi connectivity index (χ0n) is 6.88. The quantitative estimate of drug-likeness (QED) is 0.587. The van der Waals surface area contributed by atoms with Crippen LogP contribution in [0.2, 0.25) is 0 Å². The number of carbonyl (C=O) groups is 1. The molecule has 3 heteroatoms. The van der Waals surface area contributed by atoms with Gasteiger partial charge in [0.1, 0.15) is 0 Å². The van der Waals surface area contributed by atoms with Crippen LogP contribution < -0.4 is 5.11 Å². The van der Waals surface area contributed by atoms with Crippen LogP contribution in [0.25, 0.3) is 0 Å². The van der Waals surface area contributed by atoms with Crippen LogP contribution in [-0.2, 0) is 4.79 Å². The molecule has 0 N–H and O–H groups in total. The van der Waals surface area contributed by atoms with Crippen molar-refractivity contribution in [3.05, 3.63) is 21.9 Å². The summed E-state index contributed by atoms with van der Waals surface area (Å²) in [4.78, 5) is 11.7. The molecule has 62 valence electrons. The SMILES string of the molecule is CC(=O)[O-].Cc1ccc(C)s1. The molecule has 11 heavy (non-hydrogen) atoms. The maximum Gasteiger partial charge on any atom is 0.0383 e. The predicted octanol–water partition coefficient (Wildman–Crippen LogP) is 1.12. The number of carboxylic acid groups (broad SMARTS) is 1. The van der Waals surface area contributed by atoms with E-state index in [9.17, 15) is 0 Å². The summed E-state index contributed by atoms with van der Waals surface area (Å²) < 4.78 is 0. The molecule has 0 bridgehead atoms. The molecule has 0 atom stereocenters. The van der Waals surface area contributed by atoms with Crippen molar-refractivity contribution in [2.45, 2.75) is 20.8 Å². The highest BCUT2D eigenvalue weighted by molar-refractivity contribution is 7.11. The topological polar surface area (TPSA) is 40.1 Å². The van der Waals surface area contributed by atoms with Gasteiger partial charge in [-0.05, 0) is 32.9 Å². The lowest BCUT2D eigenvalue weighted by Crippen LogP contribution is -2.16. The molecule has 1 heterocycles. The molecule has 0 aliphatic heterocycles. The standard InChI is InChI=1S/C6H8S.C2H4O2/c1-5-3-4-6(2)7-5;1-2(3)4/h3-4H,1-2H3;1H3,(H,3,4)/p-1. The first-order chi connectivity index (χ1) is 5.02. The Morgan fingerprint density at radius 2 is 1.64 bits per heavy atom. The van der Waals surface area contributed by atoms with E-state index in [0.717, 1.165) is 6.92 Å². The third-order valence-corrected chi connectivity index (χ3v) is 1.79. The maximum atomic E-state index is 8.89. The van der Waals surface area contributed by atoms with E-state index in [1.54, 1.807) is 0 Å². The van der Waals surface area contributed by atoms with Crippen molar-refractivity contribution in [3.8, 4) is 0 Å². The Labute approximate surface area is 70.5 Å². The van der Waals surface area contributed by atoms with Crippen molar-refractivity contribution in [2.24, 2.45) is 0 Å². The average Bonchev–Trinajstić information content (AvgIpc) is 2.13. The summed E-state index contributed by atoms with van der Waals surface area (Å²) in [5.41, 5.74) is 0. The highest BCUT2D eigenvalue weighted by Gasteiger charge is 1.84. The second-order valence-electron chi connectivity index (χ2n) is 2.15. The normalized spacial score (nSPS) is 8.27. The number of hydrogen-bond donors (Lipinski definition) is 0. The van der Waals surface area contributed by atoms with Crippen LogP contribution in [0.5, 0.6) is 0 Å².